The number of hydrogen-bond donors (Lipinski definition) is 2. The van der Waals surface area contributed by atoms with Gasteiger partial charge in [0.15, 0.2) is 0 Å². The van der Waals surface area contributed by atoms with Crippen LogP contribution in [0.3, 0.4) is 0 Å². The lowest BCUT2D eigenvalue weighted by Gasteiger charge is -2.16. The molecular formula is C13H20ClN3O. The van der Waals surface area contributed by atoms with Crippen molar-refractivity contribution in [2.75, 3.05) is 18.9 Å². The Morgan fingerprint density at radius 3 is 2.61 bits per heavy atom. The highest BCUT2D eigenvalue weighted by Crippen LogP contribution is 2.16. The minimum Gasteiger partial charge on any atom is -0.373 e. The summed E-state index contributed by atoms with van der Waals surface area (Å²) >= 11 is 5.97. The maximum Gasteiger partial charge on any atom is 0.271 e. The van der Waals surface area contributed by atoms with Gasteiger partial charge in [-0.3, -0.25) is 4.79 Å². The Bertz CT molecular complexity index is 421. The van der Waals surface area contributed by atoms with Gasteiger partial charge < -0.3 is 10.6 Å². The zero-order valence-electron chi connectivity index (χ0n) is 11.2. The van der Waals surface area contributed by atoms with Crippen LogP contribution in [-0.4, -0.2) is 24.5 Å². The average molecular weight is 270 g/mol. The Labute approximate surface area is 113 Å². The molecule has 1 heterocycles. The Hall–Kier alpha value is -1.29. The van der Waals surface area contributed by atoms with Crippen molar-refractivity contribution >= 4 is 23.3 Å². The van der Waals surface area contributed by atoms with E-state index in [2.05, 4.69) is 36.4 Å². The number of halogens is 1. The molecule has 0 spiro atoms. The van der Waals surface area contributed by atoms with Crippen LogP contribution in [0.4, 0.5) is 5.82 Å². The quantitative estimate of drug-likeness (QED) is 0.864. The number of carbonyl (C=O) groups excluding carboxylic acids is 1. The van der Waals surface area contributed by atoms with Crippen molar-refractivity contribution in [3.8, 4) is 0 Å². The maximum absolute atomic E-state index is 12.0. The molecule has 18 heavy (non-hydrogen) atoms. The standard InChI is InChI=1S/C13H20ClN3O/c1-8(2)9(3)7-16-13(18)12-10(14)5-6-11(15-4)17-12/h5-6,8-9H,7H2,1-4H3,(H,15,17)(H,16,18). The Morgan fingerprint density at radius 1 is 1.39 bits per heavy atom. The second-order valence-corrected chi connectivity index (χ2v) is 5.12. The topological polar surface area (TPSA) is 54.0 Å². The predicted octanol–water partition coefficient (Wildman–Crippen LogP) is 2.80. The van der Waals surface area contributed by atoms with Crippen LogP contribution >= 0.6 is 11.6 Å². The summed E-state index contributed by atoms with van der Waals surface area (Å²) in [5.74, 6) is 1.34. The van der Waals surface area contributed by atoms with Crippen LogP contribution in [0.15, 0.2) is 12.1 Å². The Balaban J connectivity index is 2.72. The van der Waals surface area contributed by atoms with Gasteiger partial charge >= 0.3 is 0 Å². The monoisotopic (exact) mass is 269 g/mol. The van der Waals surface area contributed by atoms with E-state index < -0.39 is 0 Å². The average Bonchev–Trinajstić information content (AvgIpc) is 2.35. The minimum atomic E-state index is -0.232. The van der Waals surface area contributed by atoms with Crippen LogP contribution in [-0.2, 0) is 0 Å². The second kappa shape index (κ2) is 6.59. The van der Waals surface area contributed by atoms with E-state index in [-0.39, 0.29) is 11.6 Å². The zero-order chi connectivity index (χ0) is 13.7. The number of amides is 1. The predicted molar refractivity (Wildman–Crippen MR) is 75.1 cm³/mol. The van der Waals surface area contributed by atoms with Gasteiger partial charge in [-0.05, 0) is 24.0 Å². The molecule has 0 bridgehead atoms. The van der Waals surface area contributed by atoms with Crippen molar-refractivity contribution in [1.82, 2.24) is 10.3 Å². The summed E-state index contributed by atoms with van der Waals surface area (Å²) in [6.45, 7) is 6.98. The van der Waals surface area contributed by atoms with Gasteiger partial charge in [-0.2, -0.15) is 0 Å². The summed E-state index contributed by atoms with van der Waals surface area (Å²) in [5.41, 5.74) is 0.263. The molecule has 0 aliphatic heterocycles. The first kappa shape index (κ1) is 14.8. The number of nitrogens with one attached hydrogen (secondary N) is 2. The van der Waals surface area contributed by atoms with E-state index in [1.807, 2.05) is 0 Å². The number of rotatable bonds is 5. The molecule has 0 aliphatic rings. The van der Waals surface area contributed by atoms with Crippen LogP contribution in [0.25, 0.3) is 0 Å². The smallest absolute Gasteiger partial charge is 0.271 e. The molecule has 0 saturated carbocycles. The van der Waals surface area contributed by atoms with Crippen LogP contribution in [0.2, 0.25) is 5.02 Å². The molecule has 100 valence electrons. The van der Waals surface area contributed by atoms with E-state index in [0.29, 0.717) is 29.2 Å². The molecule has 4 nitrogen and oxygen atoms in total. The van der Waals surface area contributed by atoms with E-state index in [9.17, 15) is 4.79 Å². The number of hydrogen-bond acceptors (Lipinski definition) is 3. The van der Waals surface area contributed by atoms with Gasteiger partial charge in [0.05, 0.1) is 5.02 Å². The van der Waals surface area contributed by atoms with Gasteiger partial charge in [-0.1, -0.05) is 32.4 Å². The summed E-state index contributed by atoms with van der Waals surface area (Å²) in [7, 11) is 1.75. The zero-order valence-corrected chi connectivity index (χ0v) is 12.0. The largest absolute Gasteiger partial charge is 0.373 e. The van der Waals surface area contributed by atoms with E-state index >= 15 is 0 Å². The summed E-state index contributed by atoms with van der Waals surface area (Å²) < 4.78 is 0. The third-order valence-corrected chi connectivity index (χ3v) is 3.34. The highest BCUT2D eigenvalue weighted by atomic mass is 35.5. The molecule has 1 rings (SSSR count). The summed E-state index contributed by atoms with van der Waals surface area (Å²) in [5, 5.41) is 6.11. The minimum absolute atomic E-state index is 0.232. The molecule has 1 amide bonds. The normalized spacial score (nSPS) is 12.3. The highest BCUT2D eigenvalue weighted by Gasteiger charge is 2.15. The third-order valence-electron chi connectivity index (χ3n) is 3.04. The lowest BCUT2D eigenvalue weighted by atomic mass is 9.98. The van der Waals surface area contributed by atoms with Gasteiger partial charge in [-0.15, -0.1) is 0 Å². The van der Waals surface area contributed by atoms with Gasteiger partial charge in [0.25, 0.3) is 5.91 Å². The number of anilines is 1. The Kier molecular flexibility index (Phi) is 5.41. The van der Waals surface area contributed by atoms with Gasteiger partial charge in [0.2, 0.25) is 0 Å². The van der Waals surface area contributed by atoms with Crippen molar-refractivity contribution in [3.63, 3.8) is 0 Å². The molecule has 1 aromatic heterocycles. The van der Waals surface area contributed by atoms with Crippen molar-refractivity contribution < 1.29 is 4.79 Å². The lowest BCUT2D eigenvalue weighted by molar-refractivity contribution is 0.0940. The summed E-state index contributed by atoms with van der Waals surface area (Å²) in [6.07, 6.45) is 0. The van der Waals surface area contributed by atoms with E-state index in [1.54, 1.807) is 19.2 Å². The fraction of sp³-hybridized carbons (Fsp3) is 0.538. The first-order valence-electron chi connectivity index (χ1n) is 6.08. The molecule has 1 aromatic rings. The van der Waals surface area contributed by atoms with E-state index in [1.165, 1.54) is 0 Å². The molecule has 1 atom stereocenters. The number of aromatic nitrogens is 1. The molecule has 0 fully saturated rings. The fourth-order valence-corrected chi connectivity index (χ4v) is 1.50. The number of carbonyl (C=O) groups is 1. The van der Waals surface area contributed by atoms with Crippen molar-refractivity contribution in [1.29, 1.82) is 0 Å². The van der Waals surface area contributed by atoms with E-state index in [0.717, 1.165) is 0 Å². The van der Waals surface area contributed by atoms with Crippen molar-refractivity contribution in [2.45, 2.75) is 20.8 Å². The molecule has 5 heteroatoms. The molecular weight excluding hydrogens is 250 g/mol. The fourth-order valence-electron chi connectivity index (χ4n) is 1.31. The van der Waals surface area contributed by atoms with Gasteiger partial charge in [0.1, 0.15) is 11.5 Å². The highest BCUT2D eigenvalue weighted by molar-refractivity contribution is 6.33. The van der Waals surface area contributed by atoms with Crippen molar-refractivity contribution in [3.05, 3.63) is 22.8 Å². The summed E-state index contributed by atoms with van der Waals surface area (Å²) in [4.78, 5) is 16.1. The first-order chi connectivity index (χ1) is 8.45. The van der Waals surface area contributed by atoms with Crippen LogP contribution < -0.4 is 10.6 Å². The van der Waals surface area contributed by atoms with Crippen LogP contribution in [0, 0.1) is 11.8 Å². The van der Waals surface area contributed by atoms with Crippen LogP contribution in [0.5, 0.6) is 0 Å². The van der Waals surface area contributed by atoms with Gasteiger partial charge in [-0.25, -0.2) is 4.98 Å². The lowest BCUT2D eigenvalue weighted by Crippen LogP contribution is -2.31. The molecule has 0 radical (unpaired) electrons. The maximum atomic E-state index is 12.0. The molecule has 0 aliphatic carbocycles. The first-order valence-corrected chi connectivity index (χ1v) is 6.46. The molecule has 1 unspecified atom stereocenters. The second-order valence-electron chi connectivity index (χ2n) is 4.71. The molecule has 2 N–H and O–H groups in total. The molecule has 0 saturated heterocycles. The van der Waals surface area contributed by atoms with Crippen molar-refractivity contribution in [2.24, 2.45) is 11.8 Å². The molecule has 0 aromatic carbocycles. The number of pyridine rings is 1. The van der Waals surface area contributed by atoms with Crippen LogP contribution in [0.1, 0.15) is 31.3 Å². The van der Waals surface area contributed by atoms with E-state index in [4.69, 9.17) is 11.6 Å². The third kappa shape index (κ3) is 3.88. The SMILES string of the molecule is CNc1ccc(Cl)c(C(=O)NCC(C)C(C)C)n1. The summed E-state index contributed by atoms with van der Waals surface area (Å²) in [6, 6.07) is 3.40. The number of nitrogens with zero attached hydrogens (tertiary/aromatic N) is 1. The Morgan fingerprint density at radius 2 is 2.06 bits per heavy atom. The van der Waals surface area contributed by atoms with Gasteiger partial charge in [0, 0.05) is 13.6 Å².